The van der Waals surface area contributed by atoms with Crippen molar-refractivity contribution in [2.75, 3.05) is 19.8 Å². The molecule has 5 heteroatoms. The van der Waals surface area contributed by atoms with Gasteiger partial charge in [-0.1, -0.05) is 0 Å². The smallest absolute Gasteiger partial charge is 0.114 e. The van der Waals surface area contributed by atoms with Crippen LogP contribution in [0.15, 0.2) is 12.3 Å². The van der Waals surface area contributed by atoms with Crippen LogP contribution in [0.25, 0.3) is 0 Å². The maximum atomic E-state index is 5.98. The SMILES string of the molecule is CC(C)n1nccc1[C@H]1OCC[C@@H]1NC1CCCOC1. The maximum Gasteiger partial charge on any atom is 0.114 e. The number of rotatable bonds is 4. The first-order valence-electron chi connectivity index (χ1n) is 7.74. The van der Waals surface area contributed by atoms with Crippen molar-refractivity contribution in [2.24, 2.45) is 0 Å². The largest absolute Gasteiger partial charge is 0.380 e. The molecule has 0 amide bonds. The van der Waals surface area contributed by atoms with Gasteiger partial charge in [0.1, 0.15) is 6.10 Å². The van der Waals surface area contributed by atoms with Gasteiger partial charge in [0, 0.05) is 37.5 Å². The highest BCUT2D eigenvalue weighted by molar-refractivity contribution is 5.11. The molecule has 3 atom stereocenters. The van der Waals surface area contributed by atoms with Gasteiger partial charge in [0.2, 0.25) is 0 Å². The van der Waals surface area contributed by atoms with Crippen LogP contribution in [0, 0.1) is 0 Å². The third-order valence-corrected chi connectivity index (χ3v) is 4.18. The molecule has 0 aliphatic carbocycles. The number of hydrogen-bond acceptors (Lipinski definition) is 4. The maximum absolute atomic E-state index is 5.98. The Morgan fingerprint density at radius 1 is 1.35 bits per heavy atom. The first-order valence-corrected chi connectivity index (χ1v) is 7.74. The van der Waals surface area contributed by atoms with Gasteiger partial charge < -0.3 is 14.8 Å². The van der Waals surface area contributed by atoms with Crippen LogP contribution in [-0.4, -0.2) is 41.7 Å². The third kappa shape index (κ3) is 2.90. The molecular formula is C15H25N3O2. The summed E-state index contributed by atoms with van der Waals surface area (Å²) in [5.41, 5.74) is 1.19. The van der Waals surface area contributed by atoms with E-state index in [0.717, 1.165) is 32.7 Å². The second kappa shape index (κ2) is 6.24. The molecule has 20 heavy (non-hydrogen) atoms. The Hall–Kier alpha value is -0.910. The molecule has 0 bridgehead atoms. The highest BCUT2D eigenvalue weighted by Crippen LogP contribution is 2.31. The van der Waals surface area contributed by atoms with E-state index in [4.69, 9.17) is 9.47 Å². The van der Waals surface area contributed by atoms with Gasteiger partial charge in [-0.15, -0.1) is 0 Å². The van der Waals surface area contributed by atoms with E-state index in [1.165, 1.54) is 12.1 Å². The molecule has 1 aromatic rings. The molecule has 2 saturated heterocycles. The van der Waals surface area contributed by atoms with E-state index in [-0.39, 0.29) is 6.10 Å². The van der Waals surface area contributed by atoms with Crippen LogP contribution < -0.4 is 5.32 Å². The van der Waals surface area contributed by atoms with E-state index >= 15 is 0 Å². The van der Waals surface area contributed by atoms with Gasteiger partial charge in [-0.05, 0) is 39.2 Å². The van der Waals surface area contributed by atoms with Crippen LogP contribution in [0.5, 0.6) is 0 Å². The van der Waals surface area contributed by atoms with Crippen molar-refractivity contribution in [3.8, 4) is 0 Å². The molecule has 0 saturated carbocycles. The first-order chi connectivity index (χ1) is 9.75. The van der Waals surface area contributed by atoms with E-state index in [2.05, 4.69) is 35.0 Å². The van der Waals surface area contributed by atoms with Crippen LogP contribution in [0.3, 0.4) is 0 Å². The Bertz CT molecular complexity index is 427. The Balaban J connectivity index is 1.69. The van der Waals surface area contributed by atoms with Crippen LogP contribution in [0.1, 0.15) is 50.9 Å². The molecule has 1 unspecified atom stereocenters. The van der Waals surface area contributed by atoms with Gasteiger partial charge in [0.25, 0.3) is 0 Å². The van der Waals surface area contributed by atoms with E-state index in [0.29, 0.717) is 18.1 Å². The van der Waals surface area contributed by atoms with Crippen LogP contribution >= 0.6 is 0 Å². The van der Waals surface area contributed by atoms with Crippen molar-refractivity contribution in [3.05, 3.63) is 18.0 Å². The predicted molar refractivity (Wildman–Crippen MR) is 76.7 cm³/mol. The van der Waals surface area contributed by atoms with Crippen LogP contribution in [-0.2, 0) is 9.47 Å². The average molecular weight is 279 g/mol. The van der Waals surface area contributed by atoms with E-state index < -0.39 is 0 Å². The van der Waals surface area contributed by atoms with Crippen LogP contribution in [0.4, 0.5) is 0 Å². The van der Waals surface area contributed by atoms with Crippen LogP contribution in [0.2, 0.25) is 0 Å². The minimum absolute atomic E-state index is 0.113. The summed E-state index contributed by atoms with van der Waals surface area (Å²) in [4.78, 5) is 0. The number of hydrogen-bond donors (Lipinski definition) is 1. The third-order valence-electron chi connectivity index (χ3n) is 4.18. The second-order valence-electron chi connectivity index (χ2n) is 6.06. The lowest BCUT2D eigenvalue weighted by molar-refractivity contribution is 0.0520. The monoisotopic (exact) mass is 279 g/mol. The number of aromatic nitrogens is 2. The Labute approximate surface area is 120 Å². The molecule has 1 aromatic heterocycles. The molecule has 0 aromatic carbocycles. The minimum Gasteiger partial charge on any atom is -0.380 e. The van der Waals surface area contributed by atoms with E-state index in [9.17, 15) is 0 Å². The normalized spacial score (nSPS) is 31.1. The lowest BCUT2D eigenvalue weighted by atomic mass is 10.0. The van der Waals surface area contributed by atoms with Gasteiger partial charge in [-0.3, -0.25) is 4.68 Å². The van der Waals surface area contributed by atoms with Crippen molar-refractivity contribution >= 4 is 0 Å². The first kappa shape index (κ1) is 14.0. The number of nitrogens with one attached hydrogen (secondary N) is 1. The van der Waals surface area contributed by atoms with Gasteiger partial charge in [-0.25, -0.2) is 0 Å². The van der Waals surface area contributed by atoms with Gasteiger partial charge >= 0.3 is 0 Å². The average Bonchev–Trinajstić information content (AvgIpc) is 3.07. The quantitative estimate of drug-likeness (QED) is 0.916. The summed E-state index contributed by atoms with van der Waals surface area (Å²) < 4.78 is 13.6. The molecule has 3 heterocycles. The molecular weight excluding hydrogens is 254 g/mol. The zero-order valence-electron chi connectivity index (χ0n) is 12.4. The van der Waals surface area contributed by atoms with Crippen molar-refractivity contribution in [1.82, 2.24) is 15.1 Å². The molecule has 112 valence electrons. The number of ether oxygens (including phenoxy) is 2. The van der Waals surface area contributed by atoms with Gasteiger partial charge in [-0.2, -0.15) is 5.10 Å². The fourth-order valence-electron chi connectivity index (χ4n) is 3.21. The highest BCUT2D eigenvalue weighted by atomic mass is 16.5. The predicted octanol–water partition coefficient (Wildman–Crippen LogP) is 2.06. The summed E-state index contributed by atoms with van der Waals surface area (Å²) in [5, 5.41) is 8.16. The molecule has 0 spiro atoms. The van der Waals surface area contributed by atoms with Crippen molar-refractivity contribution in [2.45, 2.75) is 57.3 Å². The summed E-state index contributed by atoms with van der Waals surface area (Å²) in [7, 11) is 0. The summed E-state index contributed by atoms with van der Waals surface area (Å²) >= 11 is 0. The molecule has 2 aliphatic rings. The molecule has 2 aliphatic heterocycles. The lowest BCUT2D eigenvalue weighted by Gasteiger charge is -2.29. The summed E-state index contributed by atoms with van der Waals surface area (Å²) in [5.74, 6) is 0. The fourth-order valence-corrected chi connectivity index (χ4v) is 3.21. The molecule has 0 radical (unpaired) electrons. The van der Waals surface area contributed by atoms with Crippen molar-refractivity contribution in [3.63, 3.8) is 0 Å². The highest BCUT2D eigenvalue weighted by Gasteiger charge is 2.34. The Morgan fingerprint density at radius 3 is 3.00 bits per heavy atom. The Kier molecular flexibility index (Phi) is 4.38. The summed E-state index contributed by atoms with van der Waals surface area (Å²) in [6.45, 7) is 6.86. The molecule has 3 rings (SSSR count). The van der Waals surface area contributed by atoms with Crippen molar-refractivity contribution in [1.29, 1.82) is 0 Å². The Morgan fingerprint density at radius 2 is 2.25 bits per heavy atom. The second-order valence-corrected chi connectivity index (χ2v) is 6.06. The fraction of sp³-hybridized carbons (Fsp3) is 0.800. The van der Waals surface area contributed by atoms with Gasteiger partial charge in [0.05, 0.1) is 12.3 Å². The minimum atomic E-state index is 0.113. The summed E-state index contributed by atoms with van der Waals surface area (Å²) in [6.07, 6.45) is 5.40. The zero-order chi connectivity index (χ0) is 13.9. The lowest BCUT2D eigenvalue weighted by Crippen LogP contribution is -2.44. The van der Waals surface area contributed by atoms with E-state index in [1.54, 1.807) is 0 Å². The number of nitrogens with zero attached hydrogens (tertiary/aromatic N) is 2. The molecule has 5 nitrogen and oxygen atoms in total. The molecule has 2 fully saturated rings. The van der Waals surface area contributed by atoms with Gasteiger partial charge in [0.15, 0.2) is 0 Å². The zero-order valence-corrected chi connectivity index (χ0v) is 12.4. The van der Waals surface area contributed by atoms with Crippen molar-refractivity contribution < 1.29 is 9.47 Å². The molecule has 1 N–H and O–H groups in total. The standard InChI is InChI=1S/C15H25N3O2/c1-11(2)18-14(5-7-16-18)15-13(6-9-20-15)17-12-4-3-8-19-10-12/h5,7,11-13,15,17H,3-4,6,8-10H2,1-2H3/t12?,13-,15-/m0/s1. The van der Waals surface area contributed by atoms with E-state index in [1.807, 2.05) is 6.20 Å². The topological polar surface area (TPSA) is 48.3 Å². The summed E-state index contributed by atoms with van der Waals surface area (Å²) in [6, 6.07) is 3.29.